The largest absolute Gasteiger partial charge is 0.814 e. The zero-order valence-electron chi connectivity index (χ0n) is 29.6. The van der Waals surface area contributed by atoms with Gasteiger partial charge in [-0.3, -0.25) is 9.97 Å². The second-order valence-electron chi connectivity index (χ2n) is 13.6. The summed E-state index contributed by atoms with van der Waals surface area (Å²) in [5.41, 5.74) is 4.79. The minimum Gasteiger partial charge on any atom is -0.410 e. The van der Waals surface area contributed by atoms with E-state index in [1.54, 1.807) is 0 Å². The number of hydrogen-bond acceptors (Lipinski definition) is 7. The maximum absolute atomic E-state index is 16.1. The molecule has 0 unspecified atom stereocenters. The van der Waals surface area contributed by atoms with E-state index in [4.69, 9.17) is 29.0 Å². The normalized spacial score (nSPS) is 16.1. The minimum absolute atomic E-state index is 0.140. The Kier molecular flexibility index (Phi) is 7.46. The van der Waals surface area contributed by atoms with E-state index >= 15 is 4.57 Å². The van der Waals surface area contributed by atoms with Crippen molar-refractivity contribution in [2.24, 2.45) is 25.0 Å². The number of aromatic nitrogens is 1. The van der Waals surface area contributed by atoms with E-state index in [0.717, 1.165) is 38.6 Å². The van der Waals surface area contributed by atoms with Crippen LogP contribution < -0.4 is 10.6 Å². The van der Waals surface area contributed by atoms with Crippen molar-refractivity contribution in [3.63, 3.8) is 0 Å². The van der Waals surface area contributed by atoms with Gasteiger partial charge in [0.1, 0.15) is 17.5 Å². The highest BCUT2D eigenvalue weighted by Gasteiger charge is 2.53. The lowest BCUT2D eigenvalue weighted by Crippen LogP contribution is -2.51. The van der Waals surface area contributed by atoms with E-state index in [2.05, 4.69) is 8.54 Å². The predicted octanol–water partition coefficient (Wildman–Crippen LogP) is 7.57. The van der Waals surface area contributed by atoms with Gasteiger partial charge in [-0.2, -0.15) is 0 Å². The Balaban J connectivity index is 1.25. The highest BCUT2D eigenvalue weighted by molar-refractivity contribution is 7.75. The first-order chi connectivity index (χ1) is 27.5. The molecule has 0 radical (unpaired) electrons. The van der Waals surface area contributed by atoms with Crippen LogP contribution in [0.25, 0.3) is 10.8 Å². The summed E-state index contributed by atoms with van der Waals surface area (Å²) in [5.74, 6) is 3.29. The molecule has 4 aliphatic heterocycles. The lowest BCUT2D eigenvalue weighted by molar-refractivity contribution is 0.483. The first kappa shape index (κ1) is 32.8. The van der Waals surface area contributed by atoms with E-state index in [-0.39, 0.29) is 5.84 Å². The van der Waals surface area contributed by atoms with Crippen molar-refractivity contribution in [2.75, 3.05) is 0 Å². The molecule has 1 aromatic heterocycles. The lowest BCUT2D eigenvalue weighted by atomic mass is 10.1. The van der Waals surface area contributed by atoms with Crippen molar-refractivity contribution >= 4 is 84.5 Å². The molecule has 5 heterocycles. The molecule has 1 N–H and O–H groups in total. The third-order valence-corrected chi connectivity index (χ3v) is 16.1. The summed E-state index contributed by atoms with van der Waals surface area (Å²) >= 11 is -3.37. The van der Waals surface area contributed by atoms with Crippen molar-refractivity contribution in [1.82, 2.24) is 7.43 Å². The molecule has 56 heavy (non-hydrogen) atoms. The Bertz CT molecular complexity index is 2970. The van der Waals surface area contributed by atoms with Crippen molar-refractivity contribution in [3.8, 4) is 0 Å². The van der Waals surface area contributed by atoms with Gasteiger partial charge in [-0.25, -0.2) is 25.0 Å². The van der Waals surface area contributed by atoms with Crippen LogP contribution in [0.15, 0.2) is 189 Å². The number of hydrogen-bond donors (Lipinski definition) is 1. The molecule has 264 valence electrons. The maximum atomic E-state index is 16.1. The summed E-state index contributed by atoms with van der Waals surface area (Å²) in [7, 11) is -3.85. The van der Waals surface area contributed by atoms with Gasteiger partial charge in [-0.1, -0.05) is 133 Å². The topological polar surface area (TPSA) is 120 Å². The van der Waals surface area contributed by atoms with Gasteiger partial charge in [-0.15, -0.1) is 0 Å². The van der Waals surface area contributed by atoms with Crippen molar-refractivity contribution in [1.29, 1.82) is 5.41 Å². The highest BCUT2D eigenvalue weighted by Crippen LogP contribution is 2.48. The van der Waals surface area contributed by atoms with Gasteiger partial charge < -0.3 is 11.0 Å². The number of rotatable bonds is 4. The van der Waals surface area contributed by atoms with Gasteiger partial charge in [-0.05, 0) is 35.8 Å². The van der Waals surface area contributed by atoms with Crippen LogP contribution >= 0.6 is 7.37 Å². The molecule has 2 bridgehead atoms. The van der Waals surface area contributed by atoms with Crippen LogP contribution in [0.4, 0.5) is 5.82 Å². The number of aliphatic imine (C=N–C) groups is 5. The number of benzene rings is 6. The standard InChI is InChI=1S/C32H18N8.C12H11O2P.Al/c33-26-20-11-3-4-12-21(20)28(35-26)37-30-24-15-7-8-16-25(24)32(39-30)40-31-23-14-6-5-13-22(23)29(38-31)36-27-19-10-2-1-9-18(19)17-34-27;13-15(14,11-7-3-1-4-8-11)12-9-5-2-6-10-12;/h1-17H,(H-,33,35,36,37,38,39,40);1-10H,(H,13,14);/q-2;;+3/p-1. The summed E-state index contributed by atoms with van der Waals surface area (Å²) in [5, 5.41) is 11.7. The molecule has 10 nitrogen and oxygen atoms in total. The maximum Gasteiger partial charge on any atom is 0.814 e. The summed E-state index contributed by atoms with van der Waals surface area (Å²) in [6.45, 7) is 0. The molecule has 0 amide bonds. The third kappa shape index (κ3) is 5.03. The fraction of sp³-hybridized carbons (Fsp3) is 0. The molecular weight excluding hydrogens is 730 g/mol. The van der Waals surface area contributed by atoms with E-state index in [1.807, 2.05) is 168 Å². The molecule has 0 saturated heterocycles. The monoisotopic (exact) mass is 758 g/mol. The average molecular weight is 759 g/mol. The molecule has 6 aromatic carbocycles. The van der Waals surface area contributed by atoms with E-state index in [1.165, 1.54) is 0 Å². The van der Waals surface area contributed by atoms with Crippen LogP contribution in [0.2, 0.25) is 0 Å². The number of nitrogens with zero attached hydrogens (tertiary/aromatic N) is 7. The molecule has 0 atom stereocenters. The smallest absolute Gasteiger partial charge is 0.410 e. The van der Waals surface area contributed by atoms with Crippen molar-refractivity contribution in [2.45, 2.75) is 0 Å². The van der Waals surface area contributed by atoms with E-state index < -0.39 is 22.3 Å². The fourth-order valence-electron chi connectivity index (χ4n) is 7.76. The number of amidine groups is 6. The fourth-order valence-corrected chi connectivity index (χ4v) is 13.8. The molecule has 11 rings (SSSR count). The molecule has 4 aliphatic rings. The summed E-state index contributed by atoms with van der Waals surface area (Å²) in [6, 6.07) is 50.4. The molecular formula is C44H28AlN8O2P. The summed E-state index contributed by atoms with van der Waals surface area (Å²) in [4.78, 5) is 25.7. The SMILES string of the molecule is N=C1N=C(N=C2c3ccccc3C3=NC4=NC(=Nc5c6ccccc6c[n]5[Al]([O]P(=O)(c5ccccc5)c5ccccc5)[N]23)c2ccccc24)c2ccccc21. The van der Waals surface area contributed by atoms with Crippen molar-refractivity contribution in [3.05, 3.63) is 197 Å². The molecule has 7 aromatic rings. The van der Waals surface area contributed by atoms with Crippen LogP contribution in [-0.4, -0.2) is 57.4 Å². The number of nitrogens with one attached hydrogen (secondary N) is 1. The highest BCUT2D eigenvalue weighted by atomic mass is 31.2. The molecule has 0 saturated carbocycles. The van der Waals surface area contributed by atoms with Gasteiger partial charge in [0.2, 0.25) is 7.37 Å². The van der Waals surface area contributed by atoms with E-state index in [0.29, 0.717) is 51.2 Å². The Morgan fingerprint density at radius 3 is 1.82 bits per heavy atom. The number of fused-ring (bicyclic) bond motifs is 11. The van der Waals surface area contributed by atoms with Crippen LogP contribution in [0, 0.1) is 5.41 Å². The molecule has 0 spiro atoms. The zero-order chi connectivity index (χ0) is 37.4. The summed E-state index contributed by atoms with van der Waals surface area (Å²) < 4.78 is 27.6. The molecule has 0 fully saturated rings. The van der Waals surface area contributed by atoms with Crippen LogP contribution in [-0.2, 0) is 8.14 Å². The second-order valence-corrected chi connectivity index (χ2v) is 18.3. The first-order valence-corrected chi connectivity index (χ1v) is 21.3. The average Bonchev–Trinajstić information content (AvgIpc) is 3.98. The quantitative estimate of drug-likeness (QED) is 0.147. The Morgan fingerprint density at radius 2 is 1.12 bits per heavy atom. The minimum atomic E-state index is -3.85. The molecule has 0 aliphatic carbocycles. The second kappa shape index (κ2) is 12.7. The van der Waals surface area contributed by atoms with Crippen LogP contribution in [0.5, 0.6) is 0 Å². The van der Waals surface area contributed by atoms with Gasteiger partial charge in [0.25, 0.3) is 0 Å². The zero-order valence-corrected chi connectivity index (χ0v) is 31.6. The molecule has 12 heteroatoms. The van der Waals surface area contributed by atoms with Gasteiger partial charge >= 0.3 is 14.9 Å². The third-order valence-electron chi connectivity index (χ3n) is 10.4. The van der Waals surface area contributed by atoms with Gasteiger partial charge in [0.15, 0.2) is 23.3 Å². The Labute approximate surface area is 326 Å². The van der Waals surface area contributed by atoms with E-state index in [9.17, 15) is 0 Å². The summed E-state index contributed by atoms with van der Waals surface area (Å²) in [6.07, 6.45) is 2.04. The van der Waals surface area contributed by atoms with Gasteiger partial charge in [0, 0.05) is 49.4 Å². The first-order valence-electron chi connectivity index (χ1n) is 18.1. The van der Waals surface area contributed by atoms with Crippen molar-refractivity contribution < 1.29 is 8.14 Å². The van der Waals surface area contributed by atoms with Gasteiger partial charge in [0.05, 0.1) is 0 Å². The lowest BCUT2D eigenvalue weighted by Gasteiger charge is -2.31. The Morgan fingerprint density at radius 1 is 0.571 bits per heavy atom. The Hall–Kier alpha value is -6.60. The van der Waals surface area contributed by atoms with Crippen LogP contribution in [0.1, 0.15) is 33.4 Å². The predicted molar refractivity (Wildman–Crippen MR) is 224 cm³/mol. The van der Waals surface area contributed by atoms with Crippen LogP contribution in [0.3, 0.4) is 0 Å².